The molecular weight excluding hydrogens is 260 g/mol. The number of anilines is 1. The summed E-state index contributed by atoms with van der Waals surface area (Å²) in [7, 11) is 2.16. The fourth-order valence-corrected chi connectivity index (χ4v) is 2.50. The van der Waals surface area contributed by atoms with Gasteiger partial charge < -0.3 is 10.2 Å². The predicted molar refractivity (Wildman–Crippen MR) is 77.3 cm³/mol. The van der Waals surface area contributed by atoms with E-state index < -0.39 is 0 Å². The molecule has 1 aromatic heterocycles. The first-order chi connectivity index (χ1) is 9.00. The SMILES string of the molecule is CN1CCC(C)(CNc2cc(C#N)cc(Cl)n2)CC1. The van der Waals surface area contributed by atoms with Gasteiger partial charge in [-0.05, 0) is 50.5 Å². The highest BCUT2D eigenvalue weighted by Gasteiger charge is 2.28. The number of nitrogens with one attached hydrogen (secondary N) is 1. The molecule has 0 aromatic carbocycles. The Labute approximate surface area is 119 Å². The second kappa shape index (κ2) is 5.77. The molecule has 0 aliphatic carbocycles. The predicted octanol–water partition coefficient (Wildman–Crippen LogP) is 2.75. The summed E-state index contributed by atoms with van der Waals surface area (Å²) in [6.07, 6.45) is 2.34. The maximum absolute atomic E-state index is 8.91. The van der Waals surface area contributed by atoms with Crippen molar-refractivity contribution in [3.8, 4) is 6.07 Å². The molecule has 0 amide bonds. The second-order valence-electron chi connectivity index (χ2n) is 5.64. The number of nitrogens with zero attached hydrogens (tertiary/aromatic N) is 3. The van der Waals surface area contributed by atoms with Gasteiger partial charge in [0.2, 0.25) is 0 Å². The van der Waals surface area contributed by atoms with Crippen molar-refractivity contribution < 1.29 is 0 Å². The van der Waals surface area contributed by atoms with Gasteiger partial charge in [-0.3, -0.25) is 0 Å². The molecule has 1 N–H and O–H groups in total. The maximum Gasteiger partial charge on any atom is 0.132 e. The molecule has 19 heavy (non-hydrogen) atoms. The molecule has 5 heteroatoms. The van der Waals surface area contributed by atoms with E-state index in [2.05, 4.69) is 35.2 Å². The van der Waals surface area contributed by atoms with Crippen molar-refractivity contribution in [3.63, 3.8) is 0 Å². The van der Waals surface area contributed by atoms with E-state index in [0.29, 0.717) is 16.5 Å². The normalized spacial score (nSPS) is 18.8. The van der Waals surface area contributed by atoms with E-state index >= 15 is 0 Å². The number of nitriles is 1. The van der Waals surface area contributed by atoms with Gasteiger partial charge in [-0.1, -0.05) is 18.5 Å². The van der Waals surface area contributed by atoms with Crippen LogP contribution in [0.3, 0.4) is 0 Å². The summed E-state index contributed by atoms with van der Waals surface area (Å²) in [5.74, 6) is 0.684. The second-order valence-corrected chi connectivity index (χ2v) is 6.03. The van der Waals surface area contributed by atoms with Crippen molar-refractivity contribution in [2.75, 3.05) is 32.0 Å². The number of hydrogen-bond acceptors (Lipinski definition) is 4. The number of aromatic nitrogens is 1. The molecule has 1 saturated heterocycles. The van der Waals surface area contributed by atoms with E-state index in [0.717, 1.165) is 19.6 Å². The van der Waals surface area contributed by atoms with Crippen LogP contribution in [0, 0.1) is 16.7 Å². The van der Waals surface area contributed by atoms with Gasteiger partial charge in [-0.25, -0.2) is 4.98 Å². The summed E-state index contributed by atoms with van der Waals surface area (Å²) in [5, 5.41) is 12.6. The smallest absolute Gasteiger partial charge is 0.132 e. The van der Waals surface area contributed by atoms with Gasteiger partial charge in [0, 0.05) is 6.54 Å². The third-order valence-electron chi connectivity index (χ3n) is 3.81. The van der Waals surface area contributed by atoms with Crippen molar-refractivity contribution in [1.82, 2.24) is 9.88 Å². The lowest BCUT2D eigenvalue weighted by Gasteiger charge is -2.38. The third kappa shape index (κ3) is 3.82. The van der Waals surface area contributed by atoms with E-state index in [1.165, 1.54) is 12.8 Å². The van der Waals surface area contributed by atoms with Crippen molar-refractivity contribution in [2.45, 2.75) is 19.8 Å². The van der Waals surface area contributed by atoms with Crippen molar-refractivity contribution >= 4 is 17.4 Å². The first-order valence-electron chi connectivity index (χ1n) is 6.51. The average molecular weight is 279 g/mol. The molecule has 0 radical (unpaired) electrons. The van der Waals surface area contributed by atoms with Crippen LogP contribution in [0.4, 0.5) is 5.82 Å². The monoisotopic (exact) mass is 278 g/mol. The maximum atomic E-state index is 8.91. The Bertz CT molecular complexity index is 487. The number of likely N-dealkylation sites (tertiary alicyclic amines) is 1. The lowest BCUT2D eigenvalue weighted by molar-refractivity contribution is 0.150. The van der Waals surface area contributed by atoms with Gasteiger partial charge in [-0.15, -0.1) is 0 Å². The molecule has 1 aliphatic rings. The lowest BCUT2D eigenvalue weighted by atomic mass is 9.80. The Morgan fingerprint density at radius 2 is 2.16 bits per heavy atom. The zero-order valence-electron chi connectivity index (χ0n) is 11.4. The van der Waals surface area contributed by atoms with Crippen LogP contribution in [0.1, 0.15) is 25.3 Å². The quantitative estimate of drug-likeness (QED) is 0.864. The Kier molecular flexibility index (Phi) is 4.28. The van der Waals surface area contributed by atoms with E-state index in [4.69, 9.17) is 16.9 Å². The van der Waals surface area contributed by atoms with Gasteiger partial charge in [0.05, 0.1) is 11.6 Å². The average Bonchev–Trinajstić information content (AvgIpc) is 2.40. The topological polar surface area (TPSA) is 52.0 Å². The van der Waals surface area contributed by atoms with E-state index in [1.54, 1.807) is 12.1 Å². The van der Waals surface area contributed by atoms with Crippen molar-refractivity contribution in [2.24, 2.45) is 5.41 Å². The van der Waals surface area contributed by atoms with Crippen LogP contribution in [0.2, 0.25) is 5.15 Å². The molecule has 2 heterocycles. The van der Waals surface area contributed by atoms with Gasteiger partial charge in [0.1, 0.15) is 11.0 Å². The first-order valence-corrected chi connectivity index (χ1v) is 6.89. The minimum atomic E-state index is 0.281. The number of hydrogen-bond donors (Lipinski definition) is 1. The molecule has 0 spiro atoms. The van der Waals surface area contributed by atoms with Crippen molar-refractivity contribution in [3.05, 3.63) is 22.8 Å². The van der Waals surface area contributed by atoms with Crippen LogP contribution in [-0.4, -0.2) is 36.6 Å². The van der Waals surface area contributed by atoms with Gasteiger partial charge in [-0.2, -0.15) is 5.26 Å². The number of piperidine rings is 1. The van der Waals surface area contributed by atoms with Crippen LogP contribution in [0.25, 0.3) is 0 Å². The number of halogens is 1. The summed E-state index contributed by atoms with van der Waals surface area (Å²) < 4.78 is 0. The fourth-order valence-electron chi connectivity index (χ4n) is 2.29. The molecular formula is C14H19ClN4. The molecule has 0 saturated carbocycles. The Hall–Kier alpha value is -1.31. The highest BCUT2D eigenvalue weighted by Crippen LogP contribution is 2.30. The molecule has 1 aromatic rings. The molecule has 0 unspecified atom stereocenters. The van der Waals surface area contributed by atoms with E-state index in [1.807, 2.05) is 0 Å². The Morgan fingerprint density at radius 1 is 1.47 bits per heavy atom. The molecule has 0 atom stereocenters. The Balaban J connectivity index is 1.99. The minimum absolute atomic E-state index is 0.281. The molecule has 2 rings (SSSR count). The lowest BCUT2D eigenvalue weighted by Crippen LogP contribution is -2.40. The molecule has 4 nitrogen and oxygen atoms in total. The van der Waals surface area contributed by atoms with Crippen LogP contribution >= 0.6 is 11.6 Å². The van der Waals surface area contributed by atoms with Crippen LogP contribution < -0.4 is 5.32 Å². The van der Waals surface area contributed by atoms with Crippen LogP contribution in [0.15, 0.2) is 12.1 Å². The molecule has 1 aliphatic heterocycles. The van der Waals surface area contributed by atoms with Gasteiger partial charge >= 0.3 is 0 Å². The van der Waals surface area contributed by atoms with E-state index in [9.17, 15) is 0 Å². The van der Waals surface area contributed by atoms with Gasteiger partial charge in [0.25, 0.3) is 0 Å². The van der Waals surface area contributed by atoms with E-state index in [-0.39, 0.29) is 5.41 Å². The fraction of sp³-hybridized carbons (Fsp3) is 0.571. The summed E-state index contributed by atoms with van der Waals surface area (Å²) in [5.41, 5.74) is 0.819. The summed E-state index contributed by atoms with van der Waals surface area (Å²) >= 11 is 5.90. The summed E-state index contributed by atoms with van der Waals surface area (Å²) in [6, 6.07) is 5.40. The van der Waals surface area contributed by atoms with Crippen molar-refractivity contribution in [1.29, 1.82) is 5.26 Å². The Morgan fingerprint density at radius 3 is 2.79 bits per heavy atom. The number of pyridine rings is 1. The first kappa shape index (κ1) is 14.1. The third-order valence-corrected chi connectivity index (χ3v) is 4.01. The molecule has 0 bridgehead atoms. The summed E-state index contributed by atoms with van der Waals surface area (Å²) in [4.78, 5) is 6.56. The van der Waals surface area contributed by atoms with Crippen LogP contribution in [0.5, 0.6) is 0 Å². The highest BCUT2D eigenvalue weighted by atomic mass is 35.5. The van der Waals surface area contributed by atoms with Crippen LogP contribution in [-0.2, 0) is 0 Å². The zero-order chi connectivity index (χ0) is 13.9. The highest BCUT2D eigenvalue weighted by molar-refractivity contribution is 6.29. The minimum Gasteiger partial charge on any atom is -0.369 e. The molecule has 102 valence electrons. The van der Waals surface area contributed by atoms with Gasteiger partial charge in [0.15, 0.2) is 0 Å². The zero-order valence-corrected chi connectivity index (χ0v) is 12.2. The standard InChI is InChI=1S/C14H19ClN4/c1-14(3-5-19(2)6-4-14)10-17-13-8-11(9-16)7-12(15)18-13/h7-8H,3-6,10H2,1-2H3,(H,17,18). The number of rotatable bonds is 3. The summed E-state index contributed by atoms with van der Waals surface area (Å²) in [6.45, 7) is 5.41. The molecule has 1 fully saturated rings. The largest absolute Gasteiger partial charge is 0.369 e.